The smallest absolute Gasteiger partial charge is 0.197 e. The van der Waals surface area contributed by atoms with Crippen LogP contribution in [0.15, 0.2) is 30.5 Å². The lowest BCUT2D eigenvalue weighted by Crippen LogP contribution is -2.05. The molecular weight excluding hydrogens is 244 g/mol. The molecule has 3 nitrogen and oxygen atoms in total. The summed E-state index contributed by atoms with van der Waals surface area (Å²) < 4.78 is 6.18. The fourth-order valence-electron chi connectivity index (χ4n) is 1.75. The molecule has 0 bridgehead atoms. The molecule has 0 fully saturated rings. The largest absolute Gasteiger partial charge is 0.491 e. The lowest BCUT2D eigenvalue weighted by Gasteiger charge is -2.11. The van der Waals surface area contributed by atoms with Gasteiger partial charge in [0.1, 0.15) is 5.75 Å². The molecule has 0 amide bonds. The van der Waals surface area contributed by atoms with Gasteiger partial charge in [-0.2, -0.15) is 0 Å². The number of aromatic nitrogens is 2. The molecule has 94 valence electrons. The molecule has 0 aliphatic carbocycles. The van der Waals surface area contributed by atoms with Crippen LogP contribution < -0.4 is 4.74 Å². The molecule has 0 aliphatic heterocycles. The summed E-state index contributed by atoms with van der Waals surface area (Å²) >= 11 is 5.06. The van der Waals surface area contributed by atoms with Crippen molar-refractivity contribution in [3.05, 3.63) is 40.8 Å². The quantitative estimate of drug-likeness (QED) is 0.850. The van der Waals surface area contributed by atoms with Crippen molar-refractivity contribution in [1.82, 2.24) is 9.97 Å². The van der Waals surface area contributed by atoms with Gasteiger partial charge >= 0.3 is 0 Å². The lowest BCUT2D eigenvalue weighted by molar-refractivity contribution is 0.242. The van der Waals surface area contributed by atoms with Crippen LogP contribution in [0, 0.1) is 11.7 Å². The number of benzene rings is 1. The summed E-state index contributed by atoms with van der Waals surface area (Å²) in [5, 5.41) is 0. The normalized spacial score (nSPS) is 10.7. The number of aromatic amines is 1. The molecule has 0 atom stereocenters. The maximum atomic E-state index is 5.69. The Hall–Kier alpha value is -1.68. The Balaban J connectivity index is 2.44. The van der Waals surface area contributed by atoms with Gasteiger partial charge in [-0.3, -0.25) is 0 Å². The van der Waals surface area contributed by atoms with Crippen molar-refractivity contribution >= 4 is 12.2 Å². The predicted octanol–water partition coefficient (Wildman–Crippen LogP) is 3.90. The highest BCUT2D eigenvalue weighted by Crippen LogP contribution is 2.24. The molecule has 0 saturated carbocycles. The molecule has 4 heteroatoms. The van der Waals surface area contributed by atoms with Gasteiger partial charge < -0.3 is 9.72 Å². The van der Waals surface area contributed by atoms with Gasteiger partial charge in [0.05, 0.1) is 11.8 Å². The van der Waals surface area contributed by atoms with Gasteiger partial charge in [0.25, 0.3) is 0 Å². The van der Waals surface area contributed by atoms with Crippen LogP contribution in [0.2, 0.25) is 0 Å². The third kappa shape index (κ3) is 2.96. The molecule has 0 unspecified atom stereocenters. The maximum Gasteiger partial charge on any atom is 0.197 e. The van der Waals surface area contributed by atoms with Crippen LogP contribution in [-0.4, -0.2) is 16.1 Å². The Kier molecular flexibility index (Phi) is 3.77. The number of ether oxygens (including phenoxy) is 1. The second kappa shape index (κ2) is 5.31. The van der Waals surface area contributed by atoms with Gasteiger partial charge in [-0.25, -0.2) is 4.98 Å². The molecule has 1 aromatic heterocycles. The highest BCUT2D eigenvalue weighted by atomic mass is 32.1. The van der Waals surface area contributed by atoms with Crippen LogP contribution in [0.1, 0.15) is 19.4 Å². The molecule has 0 spiro atoms. The van der Waals surface area contributed by atoms with Crippen molar-refractivity contribution in [2.75, 3.05) is 0 Å². The summed E-state index contributed by atoms with van der Waals surface area (Å²) in [6.45, 7) is 6.03. The Morgan fingerprint density at radius 3 is 2.83 bits per heavy atom. The SMILES string of the molecule is Cc1cnc(=S)[nH]c1-c1cccc(OC(C)C)c1. The molecule has 0 saturated heterocycles. The number of nitrogens with one attached hydrogen (secondary N) is 1. The van der Waals surface area contributed by atoms with E-state index in [1.165, 1.54) is 0 Å². The first-order valence-electron chi connectivity index (χ1n) is 5.89. The van der Waals surface area contributed by atoms with E-state index in [0.717, 1.165) is 22.6 Å². The standard InChI is InChI=1S/C14H16N2OS/c1-9(2)17-12-6-4-5-11(7-12)13-10(3)8-15-14(18)16-13/h4-9H,1-3H3,(H,15,16,18). The van der Waals surface area contributed by atoms with Crippen LogP contribution >= 0.6 is 12.2 Å². The van der Waals surface area contributed by atoms with E-state index in [0.29, 0.717) is 4.77 Å². The molecule has 18 heavy (non-hydrogen) atoms. The number of H-pyrrole nitrogens is 1. The van der Waals surface area contributed by atoms with E-state index >= 15 is 0 Å². The summed E-state index contributed by atoms with van der Waals surface area (Å²) in [6.07, 6.45) is 1.95. The molecular formula is C14H16N2OS. The van der Waals surface area contributed by atoms with Gasteiger partial charge in [0.2, 0.25) is 0 Å². The molecule has 1 N–H and O–H groups in total. The van der Waals surface area contributed by atoms with E-state index < -0.39 is 0 Å². The van der Waals surface area contributed by atoms with E-state index in [9.17, 15) is 0 Å². The number of hydrogen-bond donors (Lipinski definition) is 1. The molecule has 0 radical (unpaired) electrons. The Bertz CT molecular complexity index is 605. The third-order valence-corrected chi connectivity index (χ3v) is 2.70. The second-order valence-electron chi connectivity index (χ2n) is 4.44. The summed E-state index contributed by atoms with van der Waals surface area (Å²) in [5.74, 6) is 0.859. The fraction of sp³-hybridized carbons (Fsp3) is 0.286. The number of aryl methyl sites for hydroxylation is 1. The average Bonchev–Trinajstić information content (AvgIpc) is 2.32. The zero-order valence-electron chi connectivity index (χ0n) is 10.7. The minimum absolute atomic E-state index is 0.164. The van der Waals surface area contributed by atoms with Gasteiger partial charge in [-0.05, 0) is 50.7 Å². The summed E-state index contributed by atoms with van der Waals surface area (Å²) in [6, 6.07) is 7.97. The Labute approximate surface area is 112 Å². The monoisotopic (exact) mass is 260 g/mol. The van der Waals surface area contributed by atoms with Crippen LogP contribution in [0.25, 0.3) is 11.3 Å². The first-order chi connectivity index (χ1) is 8.56. The van der Waals surface area contributed by atoms with E-state index in [1.54, 1.807) is 6.20 Å². The first-order valence-corrected chi connectivity index (χ1v) is 6.30. The predicted molar refractivity (Wildman–Crippen MR) is 75.4 cm³/mol. The van der Waals surface area contributed by atoms with E-state index in [1.807, 2.05) is 45.0 Å². The van der Waals surface area contributed by atoms with Crippen molar-refractivity contribution in [2.24, 2.45) is 0 Å². The summed E-state index contributed by atoms with van der Waals surface area (Å²) in [5.41, 5.74) is 3.11. The first kappa shape index (κ1) is 12.8. The molecule has 2 rings (SSSR count). The van der Waals surface area contributed by atoms with Crippen molar-refractivity contribution < 1.29 is 4.74 Å². The van der Waals surface area contributed by atoms with Crippen molar-refractivity contribution in [3.63, 3.8) is 0 Å². The summed E-state index contributed by atoms with van der Waals surface area (Å²) in [7, 11) is 0. The van der Waals surface area contributed by atoms with Crippen LogP contribution in [0.5, 0.6) is 5.75 Å². The average molecular weight is 260 g/mol. The second-order valence-corrected chi connectivity index (χ2v) is 4.83. The van der Waals surface area contributed by atoms with E-state index in [2.05, 4.69) is 9.97 Å². The third-order valence-electron chi connectivity index (χ3n) is 2.50. The van der Waals surface area contributed by atoms with Crippen LogP contribution in [0.4, 0.5) is 0 Å². The van der Waals surface area contributed by atoms with E-state index in [4.69, 9.17) is 17.0 Å². The number of rotatable bonds is 3. The topological polar surface area (TPSA) is 37.9 Å². The van der Waals surface area contributed by atoms with Crippen molar-refractivity contribution in [2.45, 2.75) is 26.9 Å². The van der Waals surface area contributed by atoms with Gasteiger partial charge in [0.15, 0.2) is 4.77 Å². The Morgan fingerprint density at radius 1 is 1.33 bits per heavy atom. The fourth-order valence-corrected chi connectivity index (χ4v) is 1.91. The molecule has 1 heterocycles. The number of hydrogen-bond acceptors (Lipinski definition) is 3. The maximum absolute atomic E-state index is 5.69. The molecule has 2 aromatic rings. The minimum atomic E-state index is 0.164. The Morgan fingerprint density at radius 2 is 2.11 bits per heavy atom. The van der Waals surface area contributed by atoms with Crippen molar-refractivity contribution in [1.29, 1.82) is 0 Å². The van der Waals surface area contributed by atoms with Gasteiger partial charge in [0, 0.05) is 11.8 Å². The van der Waals surface area contributed by atoms with Crippen LogP contribution in [0.3, 0.4) is 0 Å². The number of nitrogens with zero attached hydrogens (tertiary/aromatic N) is 1. The van der Waals surface area contributed by atoms with Gasteiger partial charge in [-0.15, -0.1) is 0 Å². The summed E-state index contributed by atoms with van der Waals surface area (Å²) in [4.78, 5) is 7.18. The van der Waals surface area contributed by atoms with Crippen molar-refractivity contribution in [3.8, 4) is 17.0 Å². The molecule has 0 aliphatic rings. The van der Waals surface area contributed by atoms with Gasteiger partial charge in [-0.1, -0.05) is 12.1 Å². The highest BCUT2D eigenvalue weighted by molar-refractivity contribution is 7.71. The molecule has 1 aromatic carbocycles. The zero-order chi connectivity index (χ0) is 13.1. The lowest BCUT2D eigenvalue weighted by atomic mass is 10.1. The zero-order valence-corrected chi connectivity index (χ0v) is 11.5. The van der Waals surface area contributed by atoms with E-state index in [-0.39, 0.29) is 6.10 Å². The highest BCUT2D eigenvalue weighted by Gasteiger charge is 2.05. The minimum Gasteiger partial charge on any atom is -0.491 e. The van der Waals surface area contributed by atoms with Crippen LogP contribution in [-0.2, 0) is 0 Å².